The summed E-state index contributed by atoms with van der Waals surface area (Å²) in [6.07, 6.45) is 1.84. The van der Waals surface area contributed by atoms with Crippen LogP contribution in [0, 0.1) is 13.8 Å². The SMILES string of the molecule is CN=C(NCc1ccc(-n2nc(C)cc2C)nc1)NCc1cc(C(C)C)no1. The van der Waals surface area contributed by atoms with E-state index >= 15 is 0 Å². The van der Waals surface area contributed by atoms with Crippen molar-refractivity contribution in [3.8, 4) is 5.82 Å². The summed E-state index contributed by atoms with van der Waals surface area (Å²) in [5, 5.41) is 15.0. The molecule has 0 saturated heterocycles. The molecule has 148 valence electrons. The molecule has 0 aliphatic carbocycles. The Morgan fingerprint density at radius 1 is 1.18 bits per heavy atom. The zero-order valence-electron chi connectivity index (χ0n) is 17.0. The minimum Gasteiger partial charge on any atom is -0.359 e. The van der Waals surface area contributed by atoms with Gasteiger partial charge < -0.3 is 15.2 Å². The van der Waals surface area contributed by atoms with Crippen LogP contribution in [0.2, 0.25) is 0 Å². The average molecular weight is 381 g/mol. The minimum atomic E-state index is 0.347. The quantitative estimate of drug-likeness (QED) is 0.504. The van der Waals surface area contributed by atoms with E-state index in [1.807, 2.05) is 49.0 Å². The van der Waals surface area contributed by atoms with Crippen molar-refractivity contribution in [2.75, 3.05) is 7.05 Å². The van der Waals surface area contributed by atoms with Crippen molar-refractivity contribution in [1.29, 1.82) is 0 Å². The molecule has 3 aromatic heterocycles. The molecular weight excluding hydrogens is 354 g/mol. The van der Waals surface area contributed by atoms with Crippen LogP contribution in [0.5, 0.6) is 0 Å². The van der Waals surface area contributed by atoms with Gasteiger partial charge >= 0.3 is 0 Å². The van der Waals surface area contributed by atoms with Crippen molar-refractivity contribution in [3.05, 3.63) is 58.9 Å². The molecule has 0 bridgehead atoms. The predicted molar refractivity (Wildman–Crippen MR) is 108 cm³/mol. The monoisotopic (exact) mass is 381 g/mol. The number of aliphatic imine (C=N–C) groups is 1. The molecule has 8 heteroatoms. The normalized spacial score (nSPS) is 11.9. The standard InChI is InChI=1S/C20H27N7O/c1-13(2)18-9-17(28-26-18)12-24-20(21-5)23-11-16-6-7-19(22-10-16)27-15(4)8-14(3)25-27/h6-10,13H,11-12H2,1-5H3,(H2,21,23,24). The summed E-state index contributed by atoms with van der Waals surface area (Å²) in [7, 11) is 1.74. The van der Waals surface area contributed by atoms with Gasteiger partial charge in [0.15, 0.2) is 17.5 Å². The third kappa shape index (κ3) is 4.76. The summed E-state index contributed by atoms with van der Waals surface area (Å²) in [5.74, 6) is 2.62. The first-order valence-corrected chi connectivity index (χ1v) is 9.35. The van der Waals surface area contributed by atoms with E-state index in [2.05, 4.69) is 44.7 Å². The summed E-state index contributed by atoms with van der Waals surface area (Å²) in [5.41, 5.74) is 4.05. The molecule has 0 aliphatic heterocycles. The average Bonchev–Trinajstić information content (AvgIpc) is 3.28. The topological polar surface area (TPSA) is 93.2 Å². The van der Waals surface area contributed by atoms with E-state index in [1.54, 1.807) is 7.05 Å². The van der Waals surface area contributed by atoms with Crippen LogP contribution in [0.15, 0.2) is 40.0 Å². The number of nitrogens with one attached hydrogen (secondary N) is 2. The highest BCUT2D eigenvalue weighted by Crippen LogP contribution is 2.14. The number of nitrogens with zero attached hydrogens (tertiary/aromatic N) is 5. The van der Waals surface area contributed by atoms with Crippen LogP contribution < -0.4 is 10.6 Å². The van der Waals surface area contributed by atoms with E-state index in [-0.39, 0.29) is 0 Å². The Labute approximate surface area is 165 Å². The van der Waals surface area contributed by atoms with Gasteiger partial charge in [-0.05, 0) is 37.5 Å². The second-order valence-corrected chi connectivity index (χ2v) is 7.02. The van der Waals surface area contributed by atoms with Crippen LogP contribution in [-0.4, -0.2) is 32.9 Å². The van der Waals surface area contributed by atoms with Crippen LogP contribution in [0.1, 0.15) is 48.2 Å². The fraction of sp³-hybridized carbons (Fsp3) is 0.400. The maximum atomic E-state index is 5.34. The number of aryl methyl sites for hydroxylation is 2. The van der Waals surface area contributed by atoms with E-state index in [4.69, 9.17) is 4.52 Å². The van der Waals surface area contributed by atoms with Crippen LogP contribution in [0.3, 0.4) is 0 Å². The molecular formula is C20H27N7O. The molecule has 28 heavy (non-hydrogen) atoms. The summed E-state index contributed by atoms with van der Waals surface area (Å²) < 4.78 is 7.18. The summed E-state index contributed by atoms with van der Waals surface area (Å²) in [4.78, 5) is 8.75. The number of rotatable bonds is 6. The molecule has 0 fully saturated rings. The van der Waals surface area contributed by atoms with Gasteiger partial charge in [-0.2, -0.15) is 5.10 Å². The zero-order valence-corrected chi connectivity index (χ0v) is 17.0. The lowest BCUT2D eigenvalue weighted by Gasteiger charge is -2.11. The van der Waals surface area contributed by atoms with Crippen LogP contribution in [-0.2, 0) is 13.1 Å². The van der Waals surface area contributed by atoms with Gasteiger partial charge in [0.1, 0.15) is 0 Å². The lowest BCUT2D eigenvalue weighted by Crippen LogP contribution is -2.36. The molecule has 0 radical (unpaired) electrons. The molecule has 0 saturated carbocycles. The number of hydrogen-bond acceptors (Lipinski definition) is 5. The molecule has 0 unspecified atom stereocenters. The summed E-state index contributed by atoms with van der Waals surface area (Å²) in [6.45, 7) is 9.30. The first kappa shape index (κ1) is 19.6. The van der Waals surface area contributed by atoms with E-state index in [1.165, 1.54) is 0 Å². The molecule has 0 spiro atoms. The zero-order chi connectivity index (χ0) is 20.1. The second-order valence-electron chi connectivity index (χ2n) is 7.02. The van der Waals surface area contributed by atoms with Crippen molar-refractivity contribution in [2.24, 2.45) is 4.99 Å². The number of pyridine rings is 1. The lowest BCUT2D eigenvalue weighted by molar-refractivity contribution is 0.372. The van der Waals surface area contributed by atoms with Crippen molar-refractivity contribution in [1.82, 2.24) is 30.6 Å². The second kappa shape index (κ2) is 8.69. The smallest absolute Gasteiger partial charge is 0.191 e. The van der Waals surface area contributed by atoms with Gasteiger partial charge in [-0.15, -0.1) is 0 Å². The molecule has 3 heterocycles. The number of hydrogen-bond donors (Lipinski definition) is 2. The highest BCUT2D eigenvalue weighted by Gasteiger charge is 2.09. The highest BCUT2D eigenvalue weighted by molar-refractivity contribution is 5.79. The predicted octanol–water partition coefficient (Wildman–Crippen LogP) is 2.86. The fourth-order valence-corrected chi connectivity index (χ4v) is 2.77. The van der Waals surface area contributed by atoms with Gasteiger partial charge in [0.25, 0.3) is 0 Å². The van der Waals surface area contributed by atoms with Gasteiger partial charge in [0.2, 0.25) is 0 Å². The fourth-order valence-electron chi connectivity index (χ4n) is 2.77. The number of guanidine groups is 1. The molecule has 8 nitrogen and oxygen atoms in total. The summed E-state index contributed by atoms with van der Waals surface area (Å²) >= 11 is 0. The minimum absolute atomic E-state index is 0.347. The van der Waals surface area contributed by atoms with E-state index in [0.29, 0.717) is 25.0 Å². The first-order valence-electron chi connectivity index (χ1n) is 9.35. The van der Waals surface area contributed by atoms with Gasteiger partial charge in [0, 0.05) is 31.5 Å². The van der Waals surface area contributed by atoms with Gasteiger partial charge in [-0.1, -0.05) is 25.1 Å². The van der Waals surface area contributed by atoms with Gasteiger partial charge in [-0.3, -0.25) is 4.99 Å². The Hall–Kier alpha value is -3.16. The number of aromatic nitrogens is 4. The first-order chi connectivity index (χ1) is 13.5. The molecule has 2 N–H and O–H groups in total. The lowest BCUT2D eigenvalue weighted by atomic mass is 10.1. The van der Waals surface area contributed by atoms with Crippen molar-refractivity contribution < 1.29 is 4.52 Å². The Bertz CT molecular complexity index is 938. The Balaban J connectivity index is 1.54. The van der Waals surface area contributed by atoms with E-state index in [0.717, 1.165) is 34.2 Å². The van der Waals surface area contributed by atoms with Crippen LogP contribution >= 0.6 is 0 Å². The Morgan fingerprint density at radius 2 is 1.96 bits per heavy atom. The van der Waals surface area contributed by atoms with Gasteiger partial charge in [0.05, 0.1) is 17.9 Å². The molecule has 0 aromatic carbocycles. The Morgan fingerprint density at radius 3 is 2.54 bits per heavy atom. The maximum Gasteiger partial charge on any atom is 0.191 e. The van der Waals surface area contributed by atoms with Crippen molar-refractivity contribution in [3.63, 3.8) is 0 Å². The van der Waals surface area contributed by atoms with Crippen molar-refractivity contribution in [2.45, 2.75) is 46.7 Å². The molecule has 3 aromatic rings. The third-order valence-corrected chi connectivity index (χ3v) is 4.32. The van der Waals surface area contributed by atoms with Crippen LogP contribution in [0.4, 0.5) is 0 Å². The molecule has 0 aliphatic rings. The largest absolute Gasteiger partial charge is 0.359 e. The Kier molecular flexibility index (Phi) is 6.08. The van der Waals surface area contributed by atoms with E-state index < -0.39 is 0 Å². The summed E-state index contributed by atoms with van der Waals surface area (Å²) in [6, 6.07) is 8.00. The van der Waals surface area contributed by atoms with E-state index in [9.17, 15) is 0 Å². The molecule has 0 amide bonds. The van der Waals surface area contributed by atoms with Gasteiger partial charge in [-0.25, -0.2) is 9.67 Å². The molecule has 3 rings (SSSR count). The van der Waals surface area contributed by atoms with Crippen molar-refractivity contribution >= 4 is 5.96 Å². The highest BCUT2D eigenvalue weighted by atomic mass is 16.5. The maximum absolute atomic E-state index is 5.34. The molecule has 0 atom stereocenters. The third-order valence-electron chi connectivity index (χ3n) is 4.32. The van der Waals surface area contributed by atoms with Crippen LogP contribution in [0.25, 0.3) is 5.82 Å².